The van der Waals surface area contributed by atoms with Gasteiger partial charge in [0, 0.05) is 18.3 Å². The predicted octanol–water partition coefficient (Wildman–Crippen LogP) is 2.99. The van der Waals surface area contributed by atoms with Gasteiger partial charge in [-0.05, 0) is 19.1 Å². The molecule has 18 heavy (non-hydrogen) atoms. The minimum atomic E-state index is -0.507. The average Bonchev–Trinajstić information content (AvgIpc) is 2.37. The summed E-state index contributed by atoms with van der Waals surface area (Å²) in [5.41, 5.74) is 5.90. The first-order chi connectivity index (χ1) is 8.70. The Morgan fingerprint density at radius 3 is 2.83 bits per heavy atom. The Morgan fingerprint density at radius 2 is 2.17 bits per heavy atom. The van der Waals surface area contributed by atoms with Gasteiger partial charge in [-0.25, -0.2) is 4.39 Å². The fourth-order valence-corrected chi connectivity index (χ4v) is 1.44. The van der Waals surface area contributed by atoms with Gasteiger partial charge in [0.2, 0.25) is 0 Å². The van der Waals surface area contributed by atoms with Crippen molar-refractivity contribution in [2.24, 2.45) is 0 Å². The number of hydrogen-bond donors (Lipinski definition) is 1. The van der Waals surface area contributed by atoms with Crippen LogP contribution < -0.4 is 15.2 Å². The van der Waals surface area contributed by atoms with Gasteiger partial charge >= 0.3 is 0 Å². The van der Waals surface area contributed by atoms with Crippen LogP contribution in [0.4, 0.5) is 10.1 Å². The number of halogens is 1. The van der Waals surface area contributed by atoms with Crippen molar-refractivity contribution < 1.29 is 13.9 Å². The minimum absolute atomic E-state index is 0.116. The van der Waals surface area contributed by atoms with Gasteiger partial charge in [-0.1, -0.05) is 0 Å². The summed E-state index contributed by atoms with van der Waals surface area (Å²) in [6.45, 7) is 2.14. The molecular formula is C13H13FN2O2. The van der Waals surface area contributed by atoms with Gasteiger partial charge in [0.15, 0.2) is 17.3 Å². The zero-order chi connectivity index (χ0) is 13.0. The lowest BCUT2D eigenvalue weighted by Gasteiger charge is -2.11. The normalized spacial score (nSPS) is 10.1. The van der Waals surface area contributed by atoms with Crippen LogP contribution in [0.2, 0.25) is 0 Å². The highest BCUT2D eigenvalue weighted by atomic mass is 19.1. The number of hydrogen-bond acceptors (Lipinski definition) is 4. The van der Waals surface area contributed by atoms with E-state index >= 15 is 0 Å². The Morgan fingerprint density at radius 1 is 1.33 bits per heavy atom. The maximum Gasteiger partial charge on any atom is 0.167 e. The smallest absolute Gasteiger partial charge is 0.167 e. The van der Waals surface area contributed by atoms with Crippen LogP contribution in [0, 0.1) is 5.82 Å². The molecule has 2 N–H and O–H groups in total. The number of ether oxygens (including phenoxy) is 2. The van der Waals surface area contributed by atoms with Gasteiger partial charge in [-0.15, -0.1) is 0 Å². The van der Waals surface area contributed by atoms with Gasteiger partial charge in [0.1, 0.15) is 5.75 Å². The Hall–Kier alpha value is -2.30. The van der Waals surface area contributed by atoms with E-state index in [-0.39, 0.29) is 11.4 Å². The second kappa shape index (κ2) is 5.35. The van der Waals surface area contributed by atoms with Crippen molar-refractivity contribution in [3.8, 4) is 17.2 Å². The van der Waals surface area contributed by atoms with Crippen LogP contribution >= 0.6 is 0 Å². The van der Waals surface area contributed by atoms with Crippen molar-refractivity contribution in [1.82, 2.24) is 4.98 Å². The summed E-state index contributed by atoms with van der Waals surface area (Å²) in [7, 11) is 0. The molecule has 0 unspecified atom stereocenters. The molecule has 1 aromatic heterocycles. The van der Waals surface area contributed by atoms with Crippen molar-refractivity contribution in [3.63, 3.8) is 0 Å². The molecule has 0 fully saturated rings. The second-order valence-electron chi connectivity index (χ2n) is 3.54. The Bertz CT molecular complexity index is 532. The highest BCUT2D eigenvalue weighted by Gasteiger charge is 2.10. The van der Waals surface area contributed by atoms with E-state index in [4.69, 9.17) is 15.2 Å². The molecule has 2 aromatic rings. The molecule has 94 valence electrons. The van der Waals surface area contributed by atoms with Gasteiger partial charge in [-0.3, -0.25) is 4.98 Å². The van der Waals surface area contributed by atoms with Crippen molar-refractivity contribution in [2.45, 2.75) is 6.92 Å². The highest BCUT2D eigenvalue weighted by Crippen LogP contribution is 2.33. The molecule has 0 amide bonds. The average molecular weight is 248 g/mol. The van der Waals surface area contributed by atoms with Crippen molar-refractivity contribution in [1.29, 1.82) is 0 Å². The number of rotatable bonds is 4. The molecule has 0 spiro atoms. The van der Waals surface area contributed by atoms with Gasteiger partial charge < -0.3 is 15.2 Å². The molecule has 5 heteroatoms. The summed E-state index contributed by atoms with van der Waals surface area (Å²) in [4.78, 5) is 3.92. The molecule has 0 saturated carbocycles. The van der Waals surface area contributed by atoms with Crippen LogP contribution in [-0.2, 0) is 0 Å². The van der Waals surface area contributed by atoms with Crippen LogP contribution in [0.5, 0.6) is 17.2 Å². The summed E-state index contributed by atoms with van der Waals surface area (Å²) < 4.78 is 24.1. The number of anilines is 1. The summed E-state index contributed by atoms with van der Waals surface area (Å²) >= 11 is 0. The van der Waals surface area contributed by atoms with Crippen molar-refractivity contribution in [2.75, 3.05) is 12.3 Å². The van der Waals surface area contributed by atoms with Crippen LogP contribution in [0.15, 0.2) is 36.7 Å². The van der Waals surface area contributed by atoms with Crippen LogP contribution in [0.3, 0.4) is 0 Å². The minimum Gasteiger partial charge on any atom is -0.491 e. The molecule has 0 aliphatic rings. The zero-order valence-corrected chi connectivity index (χ0v) is 9.89. The van der Waals surface area contributed by atoms with Crippen LogP contribution in [-0.4, -0.2) is 11.6 Å². The molecule has 0 atom stereocenters. The molecule has 1 aromatic carbocycles. The first-order valence-corrected chi connectivity index (χ1v) is 5.50. The third kappa shape index (κ3) is 2.68. The third-order valence-electron chi connectivity index (χ3n) is 2.23. The highest BCUT2D eigenvalue weighted by molar-refractivity contribution is 5.57. The number of nitrogen functional groups attached to an aromatic ring is 1. The summed E-state index contributed by atoms with van der Waals surface area (Å²) in [6.07, 6.45) is 3.18. The van der Waals surface area contributed by atoms with Gasteiger partial charge in [0.05, 0.1) is 18.5 Å². The molecule has 4 nitrogen and oxygen atoms in total. The standard InChI is InChI=1S/C13H13FN2O2/c1-2-17-12-7-13(11(15)6-10(12)14)18-9-4-3-5-16-8-9/h3-8H,2,15H2,1H3. The number of pyridine rings is 1. The lowest BCUT2D eigenvalue weighted by atomic mass is 10.2. The number of aromatic nitrogens is 1. The van der Waals surface area contributed by atoms with E-state index in [1.807, 2.05) is 0 Å². The first kappa shape index (κ1) is 12.2. The van der Waals surface area contributed by atoms with E-state index in [1.165, 1.54) is 12.1 Å². The van der Waals surface area contributed by atoms with Crippen LogP contribution in [0.25, 0.3) is 0 Å². The summed E-state index contributed by atoms with van der Waals surface area (Å²) in [6, 6.07) is 6.08. The lowest BCUT2D eigenvalue weighted by molar-refractivity contribution is 0.319. The van der Waals surface area contributed by atoms with E-state index in [2.05, 4.69) is 4.98 Å². The molecule has 0 aliphatic carbocycles. The fraction of sp³-hybridized carbons (Fsp3) is 0.154. The molecule has 0 aliphatic heterocycles. The largest absolute Gasteiger partial charge is 0.491 e. The van der Waals surface area contributed by atoms with Gasteiger partial charge in [0.25, 0.3) is 0 Å². The molecule has 0 bridgehead atoms. The monoisotopic (exact) mass is 248 g/mol. The van der Waals surface area contributed by atoms with E-state index < -0.39 is 5.82 Å². The fourth-order valence-electron chi connectivity index (χ4n) is 1.44. The molecular weight excluding hydrogens is 235 g/mol. The maximum absolute atomic E-state index is 13.5. The number of benzene rings is 1. The Labute approximate surface area is 104 Å². The van der Waals surface area contributed by atoms with Crippen LogP contribution in [0.1, 0.15) is 6.92 Å². The predicted molar refractivity (Wildman–Crippen MR) is 66.3 cm³/mol. The van der Waals surface area contributed by atoms with E-state index in [0.29, 0.717) is 18.1 Å². The molecule has 2 rings (SSSR count). The maximum atomic E-state index is 13.5. The summed E-state index contributed by atoms with van der Waals surface area (Å²) in [5, 5.41) is 0. The molecule has 1 heterocycles. The lowest BCUT2D eigenvalue weighted by Crippen LogP contribution is -1.99. The van der Waals surface area contributed by atoms with Gasteiger partial charge in [-0.2, -0.15) is 0 Å². The molecule has 0 saturated heterocycles. The number of nitrogens with two attached hydrogens (primary N) is 1. The zero-order valence-electron chi connectivity index (χ0n) is 9.89. The van der Waals surface area contributed by atoms with Crippen molar-refractivity contribution in [3.05, 3.63) is 42.5 Å². The first-order valence-electron chi connectivity index (χ1n) is 5.50. The Balaban J connectivity index is 2.30. The second-order valence-corrected chi connectivity index (χ2v) is 3.54. The number of nitrogens with zero attached hydrogens (tertiary/aromatic N) is 1. The third-order valence-corrected chi connectivity index (χ3v) is 2.23. The topological polar surface area (TPSA) is 57.4 Å². The molecule has 0 radical (unpaired) electrons. The van der Waals surface area contributed by atoms with E-state index in [9.17, 15) is 4.39 Å². The van der Waals surface area contributed by atoms with E-state index in [0.717, 1.165) is 0 Å². The Kier molecular flexibility index (Phi) is 3.62. The summed E-state index contributed by atoms with van der Waals surface area (Å²) in [5.74, 6) is 0.476. The van der Waals surface area contributed by atoms with Crippen molar-refractivity contribution >= 4 is 5.69 Å². The SMILES string of the molecule is CCOc1cc(Oc2cccnc2)c(N)cc1F. The quantitative estimate of drug-likeness (QED) is 0.845. The van der Waals surface area contributed by atoms with E-state index in [1.54, 1.807) is 31.5 Å².